The highest BCUT2D eigenvalue weighted by Crippen LogP contribution is 2.26. The molecule has 0 aliphatic carbocycles. The quantitative estimate of drug-likeness (QED) is 0.301. The van der Waals surface area contributed by atoms with E-state index in [0.29, 0.717) is 34.0 Å². The molecule has 0 radical (unpaired) electrons. The highest BCUT2D eigenvalue weighted by molar-refractivity contribution is 7.99. The monoisotopic (exact) mass is 500 g/mol. The largest absolute Gasteiger partial charge is 0.497 e. The van der Waals surface area contributed by atoms with Crippen molar-refractivity contribution < 1.29 is 14.3 Å². The second-order valence-corrected chi connectivity index (χ2v) is 9.60. The molecule has 0 bridgehead atoms. The Bertz CT molecular complexity index is 1140. The molecule has 3 aromatic rings. The lowest BCUT2D eigenvalue weighted by Gasteiger charge is -2.22. The van der Waals surface area contributed by atoms with Crippen molar-refractivity contribution in [3.05, 3.63) is 59.4 Å². The van der Waals surface area contributed by atoms with Crippen LogP contribution < -0.4 is 15.4 Å². The predicted molar refractivity (Wildman–Crippen MR) is 134 cm³/mol. The fraction of sp³-hybridized carbons (Fsp3) is 0.348. The molecule has 0 saturated heterocycles. The highest BCUT2D eigenvalue weighted by atomic mass is 32.2. The number of thioether (sulfide) groups is 1. The lowest BCUT2D eigenvalue weighted by molar-refractivity contribution is -0.113. The van der Waals surface area contributed by atoms with Gasteiger partial charge in [0.2, 0.25) is 5.91 Å². The van der Waals surface area contributed by atoms with E-state index >= 15 is 0 Å². The zero-order valence-electron chi connectivity index (χ0n) is 19.6. The van der Waals surface area contributed by atoms with Crippen LogP contribution in [0.3, 0.4) is 0 Å². The van der Waals surface area contributed by atoms with Crippen molar-refractivity contribution in [3.63, 3.8) is 0 Å². The van der Waals surface area contributed by atoms with E-state index in [1.165, 1.54) is 23.1 Å². The third kappa shape index (κ3) is 6.45. The van der Waals surface area contributed by atoms with Gasteiger partial charge in [0.15, 0.2) is 16.1 Å². The maximum atomic E-state index is 12.9. The number of nitrogens with one attached hydrogen (secondary N) is 2. The SMILES string of the molecule is C=CCn1c(SCC(=O)Nc2nc(C)cs2)nnc1[C@@H](NC(=O)c1ccc(OC)cc1)C(C)C. The van der Waals surface area contributed by atoms with E-state index in [1.54, 1.807) is 37.5 Å². The molecule has 180 valence electrons. The van der Waals surface area contributed by atoms with Crippen LogP contribution in [0.4, 0.5) is 5.13 Å². The summed E-state index contributed by atoms with van der Waals surface area (Å²) in [6.07, 6.45) is 1.73. The van der Waals surface area contributed by atoms with Crippen LogP contribution in [-0.4, -0.2) is 44.4 Å². The Hall–Kier alpha value is -3.18. The molecule has 0 fully saturated rings. The van der Waals surface area contributed by atoms with Gasteiger partial charge in [0, 0.05) is 17.5 Å². The number of methoxy groups -OCH3 is 1. The lowest BCUT2D eigenvalue weighted by Crippen LogP contribution is -2.33. The van der Waals surface area contributed by atoms with Crippen LogP contribution in [0.2, 0.25) is 0 Å². The number of hydrogen-bond donors (Lipinski definition) is 2. The summed E-state index contributed by atoms with van der Waals surface area (Å²) in [5.74, 6) is 1.08. The van der Waals surface area contributed by atoms with Crippen LogP contribution >= 0.6 is 23.1 Å². The molecule has 9 nitrogen and oxygen atoms in total. The fourth-order valence-corrected chi connectivity index (χ4v) is 4.59. The molecule has 34 heavy (non-hydrogen) atoms. The predicted octanol–water partition coefficient (Wildman–Crippen LogP) is 4.10. The Morgan fingerprint density at radius 3 is 2.59 bits per heavy atom. The first kappa shape index (κ1) is 25.4. The number of allylic oxidation sites excluding steroid dienone is 1. The average molecular weight is 501 g/mol. The van der Waals surface area contributed by atoms with Crippen molar-refractivity contribution >= 4 is 40.0 Å². The highest BCUT2D eigenvalue weighted by Gasteiger charge is 2.26. The molecule has 11 heteroatoms. The number of anilines is 1. The van der Waals surface area contributed by atoms with Gasteiger partial charge < -0.3 is 19.9 Å². The van der Waals surface area contributed by atoms with Gasteiger partial charge >= 0.3 is 0 Å². The number of ether oxygens (including phenoxy) is 1. The zero-order valence-corrected chi connectivity index (χ0v) is 21.2. The van der Waals surface area contributed by atoms with E-state index in [9.17, 15) is 9.59 Å². The summed E-state index contributed by atoms with van der Waals surface area (Å²) in [6.45, 7) is 10.2. The number of benzene rings is 1. The standard InChI is InChI=1S/C23H28N6O3S2/c1-6-11-29-20(19(14(2)3)26-21(31)16-7-9-17(32-5)10-8-16)27-28-23(29)34-13-18(30)25-22-24-15(4)12-33-22/h6-10,12,14,19H,1,11,13H2,2-5H3,(H,26,31)(H,24,25,30)/t19-/m0/s1. The van der Waals surface area contributed by atoms with E-state index in [2.05, 4.69) is 32.4 Å². The Morgan fingerprint density at radius 1 is 1.26 bits per heavy atom. The summed E-state index contributed by atoms with van der Waals surface area (Å²) < 4.78 is 7.03. The van der Waals surface area contributed by atoms with Gasteiger partial charge in [0.25, 0.3) is 5.91 Å². The maximum absolute atomic E-state index is 12.9. The molecule has 2 amide bonds. The lowest BCUT2D eigenvalue weighted by atomic mass is 10.0. The summed E-state index contributed by atoms with van der Waals surface area (Å²) in [6, 6.07) is 6.52. The third-order valence-electron chi connectivity index (χ3n) is 4.84. The smallest absolute Gasteiger partial charge is 0.251 e. The molecule has 2 aromatic heterocycles. The molecule has 3 rings (SSSR count). The summed E-state index contributed by atoms with van der Waals surface area (Å²) in [5.41, 5.74) is 1.38. The van der Waals surface area contributed by atoms with Crippen molar-refractivity contribution in [2.24, 2.45) is 5.92 Å². The molecule has 1 aromatic carbocycles. The number of nitrogens with zero attached hydrogens (tertiary/aromatic N) is 4. The van der Waals surface area contributed by atoms with Gasteiger partial charge in [-0.3, -0.25) is 9.59 Å². The van der Waals surface area contributed by atoms with E-state index in [1.807, 2.05) is 30.7 Å². The molecule has 0 aliphatic heterocycles. The number of carbonyl (C=O) groups is 2. The van der Waals surface area contributed by atoms with Crippen molar-refractivity contribution in [2.45, 2.75) is 38.5 Å². The number of aryl methyl sites for hydroxylation is 1. The molecule has 2 N–H and O–H groups in total. The molecule has 1 atom stereocenters. The molecular formula is C23H28N6O3S2. The number of thiazole rings is 1. The Balaban J connectivity index is 1.74. The topological polar surface area (TPSA) is 111 Å². The Kier molecular flexibility index (Phi) is 8.83. The van der Waals surface area contributed by atoms with Gasteiger partial charge in [-0.2, -0.15) is 0 Å². The van der Waals surface area contributed by atoms with Crippen molar-refractivity contribution in [2.75, 3.05) is 18.2 Å². The van der Waals surface area contributed by atoms with Gasteiger partial charge in [0.1, 0.15) is 5.75 Å². The number of carbonyl (C=O) groups excluding carboxylic acids is 2. The van der Waals surface area contributed by atoms with E-state index in [0.717, 1.165) is 5.69 Å². The third-order valence-corrected chi connectivity index (χ3v) is 6.68. The van der Waals surface area contributed by atoms with Crippen LogP contribution in [0.25, 0.3) is 0 Å². The van der Waals surface area contributed by atoms with Crippen LogP contribution in [0, 0.1) is 12.8 Å². The molecule has 0 saturated carbocycles. The van der Waals surface area contributed by atoms with Gasteiger partial charge in [-0.05, 0) is 37.1 Å². The first-order valence-corrected chi connectivity index (χ1v) is 12.5. The minimum absolute atomic E-state index is 0.0456. The van der Waals surface area contributed by atoms with Crippen molar-refractivity contribution in [1.82, 2.24) is 25.1 Å². The molecule has 0 unspecified atom stereocenters. The number of amides is 2. The number of rotatable bonds is 11. The normalized spacial score (nSPS) is 11.8. The summed E-state index contributed by atoms with van der Waals surface area (Å²) in [5, 5.41) is 17.5. The van der Waals surface area contributed by atoms with Gasteiger partial charge in [-0.25, -0.2) is 4.98 Å². The molecule has 0 spiro atoms. The van der Waals surface area contributed by atoms with Crippen LogP contribution in [-0.2, 0) is 11.3 Å². The molecule has 0 aliphatic rings. The van der Waals surface area contributed by atoms with E-state index in [-0.39, 0.29) is 29.5 Å². The Morgan fingerprint density at radius 2 is 2.00 bits per heavy atom. The van der Waals surface area contributed by atoms with Gasteiger partial charge in [0.05, 0.1) is 24.6 Å². The second kappa shape index (κ2) is 11.8. The van der Waals surface area contributed by atoms with Crippen molar-refractivity contribution in [1.29, 1.82) is 0 Å². The maximum Gasteiger partial charge on any atom is 0.251 e. The minimum atomic E-state index is -0.386. The zero-order chi connectivity index (χ0) is 24.7. The fourth-order valence-electron chi connectivity index (χ4n) is 3.13. The first-order valence-electron chi connectivity index (χ1n) is 10.7. The number of aromatic nitrogens is 4. The van der Waals surface area contributed by atoms with Gasteiger partial charge in [-0.1, -0.05) is 31.7 Å². The van der Waals surface area contributed by atoms with Crippen LogP contribution in [0.15, 0.2) is 47.5 Å². The number of hydrogen-bond acceptors (Lipinski definition) is 8. The first-order chi connectivity index (χ1) is 16.3. The molecule has 2 heterocycles. The average Bonchev–Trinajstić information content (AvgIpc) is 3.41. The second-order valence-electron chi connectivity index (χ2n) is 7.79. The minimum Gasteiger partial charge on any atom is -0.497 e. The van der Waals surface area contributed by atoms with Crippen LogP contribution in [0.5, 0.6) is 5.75 Å². The van der Waals surface area contributed by atoms with E-state index in [4.69, 9.17) is 4.74 Å². The summed E-state index contributed by atoms with van der Waals surface area (Å²) >= 11 is 2.65. The van der Waals surface area contributed by atoms with E-state index < -0.39 is 0 Å². The van der Waals surface area contributed by atoms with Crippen LogP contribution in [0.1, 0.15) is 41.8 Å². The summed E-state index contributed by atoms with van der Waals surface area (Å²) in [7, 11) is 1.58. The van der Waals surface area contributed by atoms with Crippen molar-refractivity contribution in [3.8, 4) is 5.75 Å². The molecular weight excluding hydrogens is 472 g/mol. The Labute approximate surface area is 207 Å². The summed E-state index contributed by atoms with van der Waals surface area (Å²) in [4.78, 5) is 29.5. The van der Waals surface area contributed by atoms with Gasteiger partial charge in [-0.15, -0.1) is 28.1 Å².